The number of aliphatic carboxylic acids is 1. The number of aliphatic hydroxyl groups excluding tert-OH is 23. The number of rotatable bonds is 28. The third-order valence-electron chi connectivity index (χ3n) is 18.6. The second-order valence-corrected chi connectivity index (χ2v) is 25.7. The Hall–Kier alpha value is -3.68. The standard InChI is InChI=1S/C56H94N4O43/c1-12(67)58-24-30(74)43(20(8-65)91-47(24)60-23(69)3-15(57)48(86)87)99-50-25(59-13(2)68)31(75)44(21(9-66)96-50)100-55-40(84)42(98-56-46(35(79)29(73)19(7-64)95-56)102-54-38(82)34(78)28(72)18(6-63)94-54)14(10-89-51-36(80)32(76)26(70)16(4-61)92-51)22(97-55)11-90-52-41(85)45(39(83)49(88)103-52)101-53-37(81)33(77)27(71)17(5-62)93-53/h14-22,24-47,49-56,61-66,70-85,88H,3-11,57H2,1-2H3,(H,58,67)(H,59,68)(H,60,69)(H,86,87)/t14-,15+,16-,17-,18-,19-,20-,21-,22-,24-,25-,26-,27-,28-,29-,30-,31-,32+,33+,34+,35+,36+,37+,38+,39+,40+,41+,42+,43-,44-,45+,46+,47-,49+,50+,51+,52+,53-,54-,55+,56-/m1/s1. The van der Waals surface area contributed by atoms with Gasteiger partial charge in [-0.25, -0.2) is 0 Å². The molecule has 41 atom stereocenters. The van der Waals surface area contributed by atoms with Gasteiger partial charge in [0.05, 0.1) is 71.5 Å². The van der Waals surface area contributed by atoms with Crippen molar-refractivity contribution in [2.24, 2.45) is 11.7 Å². The fraction of sp³-hybridized carbons (Fsp3) is 0.929. The van der Waals surface area contributed by atoms with Crippen LogP contribution in [0, 0.1) is 5.92 Å². The molecular formula is C56H94N4O43. The van der Waals surface area contributed by atoms with Crippen LogP contribution < -0.4 is 21.7 Å². The molecule has 0 aromatic heterocycles. The van der Waals surface area contributed by atoms with E-state index in [4.69, 9.17) is 76.8 Å². The van der Waals surface area contributed by atoms with Crippen LogP contribution in [0.5, 0.6) is 0 Å². The Balaban J connectivity index is 1.17. The average Bonchev–Trinajstić information content (AvgIpc) is 0.770. The maximum Gasteiger partial charge on any atom is 0.321 e. The Kier molecular flexibility index (Phi) is 30.6. The zero-order valence-corrected chi connectivity index (χ0v) is 54.6. The Morgan fingerprint density at radius 3 is 1.22 bits per heavy atom. The molecule has 103 heavy (non-hydrogen) atoms. The van der Waals surface area contributed by atoms with Crippen LogP contribution in [-0.2, 0) is 90.2 Å². The lowest BCUT2D eigenvalue weighted by molar-refractivity contribution is -0.401. The minimum atomic E-state index is -2.55. The summed E-state index contributed by atoms with van der Waals surface area (Å²) in [5, 5.41) is 269. The number of hydrogen-bond donors (Lipinski definition) is 28. The summed E-state index contributed by atoms with van der Waals surface area (Å²) in [5.74, 6) is -6.41. The lowest BCUT2D eigenvalue weighted by atomic mass is 9.88. The van der Waals surface area contributed by atoms with Gasteiger partial charge in [-0.1, -0.05) is 0 Å². The van der Waals surface area contributed by atoms with Crippen LogP contribution in [0.1, 0.15) is 20.3 Å². The Bertz CT molecular complexity index is 2690. The third kappa shape index (κ3) is 19.1. The van der Waals surface area contributed by atoms with Crippen LogP contribution in [0.3, 0.4) is 0 Å². The SMILES string of the molecule is CC(=O)N[C@@H]1[C@@H](O)[C@H](O[C@@H]2O[C@H](CO)[C@@H](O[C@@H]3O[C@H](CO[C@H]4O[C@H](O)[C@@H](O)[C@H](O[C@H]5O[C@H](CO)[C@@H](O)[C@H](O)[C@@H]5O)[C@@H]4O)[C@@H](CO[C@H]4O[C@H](CO)[C@@H](O)[C@H](O)[C@@H]4O)[C@H](O[C@H]4O[C@H](CO)[C@@H](O)[C@H](O)[C@@H]4O[C@H]4O[C@H](CO)[C@@H](O)[C@H](O)[C@@H]4O)[C@@H]3O)[C@H](O)[C@H]2NC(C)=O)[C@@H](CO)O[C@H]1NC(=O)C[C@H](N)C(=O)O. The zero-order chi connectivity index (χ0) is 76.1. The lowest BCUT2D eigenvalue weighted by Crippen LogP contribution is -2.71. The number of carbonyl (C=O) groups excluding carboxylic acids is 3. The van der Waals surface area contributed by atoms with Gasteiger partial charge < -0.3 is 215 Å². The largest absolute Gasteiger partial charge is 0.480 e. The highest BCUT2D eigenvalue weighted by molar-refractivity contribution is 5.84. The van der Waals surface area contributed by atoms with Crippen molar-refractivity contribution in [3.05, 3.63) is 0 Å². The number of carboxylic acid groups (broad SMARTS) is 1. The predicted molar refractivity (Wildman–Crippen MR) is 313 cm³/mol. The average molecular weight is 1510 g/mol. The first-order valence-electron chi connectivity index (χ1n) is 32.4. The molecule has 0 unspecified atom stereocenters. The highest BCUT2D eigenvalue weighted by Gasteiger charge is 2.60. The summed E-state index contributed by atoms with van der Waals surface area (Å²) in [7, 11) is 0. The summed E-state index contributed by atoms with van der Waals surface area (Å²) < 4.78 is 88.1. The Morgan fingerprint density at radius 2 is 0.718 bits per heavy atom. The van der Waals surface area contributed by atoms with E-state index in [1.165, 1.54) is 0 Å². The number of carbonyl (C=O) groups is 4. The van der Waals surface area contributed by atoms with E-state index in [0.29, 0.717) is 0 Å². The minimum absolute atomic E-state index is 0.851. The van der Waals surface area contributed by atoms with Gasteiger partial charge in [0, 0.05) is 19.8 Å². The van der Waals surface area contributed by atoms with Crippen LogP contribution in [0.2, 0.25) is 0 Å². The van der Waals surface area contributed by atoms with Crippen molar-refractivity contribution in [3.63, 3.8) is 0 Å². The van der Waals surface area contributed by atoms with Crippen molar-refractivity contribution in [1.82, 2.24) is 16.0 Å². The lowest BCUT2D eigenvalue weighted by Gasteiger charge is -2.51. The molecule has 0 aliphatic carbocycles. The minimum Gasteiger partial charge on any atom is -0.480 e. The van der Waals surface area contributed by atoms with Crippen LogP contribution in [0.4, 0.5) is 0 Å². The molecule has 0 aromatic rings. The summed E-state index contributed by atoms with van der Waals surface area (Å²) in [5.41, 5.74) is 5.51. The number of aliphatic hydroxyl groups is 23. The summed E-state index contributed by atoms with van der Waals surface area (Å²) in [6.07, 6.45) is -79.2. The molecule has 0 saturated carbocycles. The number of amides is 3. The van der Waals surface area contributed by atoms with Gasteiger partial charge in [-0.05, 0) is 0 Å². The molecule has 0 spiro atoms. The van der Waals surface area contributed by atoms with Crippen molar-refractivity contribution in [3.8, 4) is 0 Å². The molecule has 47 heteroatoms. The summed E-state index contributed by atoms with van der Waals surface area (Å²) >= 11 is 0. The van der Waals surface area contributed by atoms with Crippen LogP contribution in [0.25, 0.3) is 0 Å². The highest BCUT2D eigenvalue weighted by atomic mass is 16.8. The molecule has 0 aromatic carbocycles. The first-order chi connectivity index (χ1) is 48.6. The fourth-order valence-corrected chi connectivity index (χ4v) is 12.8. The van der Waals surface area contributed by atoms with E-state index in [0.717, 1.165) is 13.8 Å². The maximum absolute atomic E-state index is 13.1. The highest BCUT2D eigenvalue weighted by Crippen LogP contribution is 2.40. The summed E-state index contributed by atoms with van der Waals surface area (Å²) in [6, 6.07) is -5.44. The third-order valence-corrected chi connectivity index (χ3v) is 18.6. The Morgan fingerprint density at radius 1 is 0.350 bits per heavy atom. The van der Waals surface area contributed by atoms with Crippen molar-refractivity contribution >= 4 is 23.7 Å². The quantitative estimate of drug-likeness (QED) is 0.0346. The van der Waals surface area contributed by atoms with Gasteiger partial charge in [-0.2, -0.15) is 0 Å². The predicted octanol–water partition coefficient (Wildman–Crippen LogP) is -19.0. The summed E-state index contributed by atoms with van der Waals surface area (Å²) in [4.78, 5) is 50.0. The van der Waals surface area contributed by atoms with Crippen molar-refractivity contribution in [2.45, 2.75) is 266 Å². The van der Waals surface area contributed by atoms with E-state index in [1.54, 1.807) is 0 Å². The second kappa shape index (κ2) is 37.2. The van der Waals surface area contributed by atoms with E-state index in [9.17, 15) is 142 Å². The van der Waals surface area contributed by atoms with Gasteiger partial charge >= 0.3 is 5.97 Å². The first-order valence-corrected chi connectivity index (χ1v) is 32.4. The number of hydrogen-bond acceptors (Lipinski definition) is 43. The van der Waals surface area contributed by atoms with Crippen molar-refractivity contribution < 1.29 is 213 Å². The van der Waals surface area contributed by atoms with Gasteiger partial charge in [-0.3, -0.25) is 19.2 Å². The molecule has 8 aliphatic rings. The fourth-order valence-electron chi connectivity index (χ4n) is 12.8. The van der Waals surface area contributed by atoms with Crippen molar-refractivity contribution in [2.75, 3.05) is 52.9 Å². The van der Waals surface area contributed by atoms with Gasteiger partial charge in [-0.15, -0.1) is 0 Å². The zero-order valence-electron chi connectivity index (χ0n) is 54.6. The van der Waals surface area contributed by atoms with E-state index >= 15 is 0 Å². The smallest absolute Gasteiger partial charge is 0.321 e. The van der Waals surface area contributed by atoms with Gasteiger partial charge in [0.25, 0.3) is 0 Å². The monoisotopic (exact) mass is 1510 g/mol. The molecule has 3 amide bonds. The molecule has 8 heterocycles. The normalized spacial score (nSPS) is 48.0. The molecule has 0 radical (unpaired) electrons. The van der Waals surface area contributed by atoms with Crippen LogP contribution in [0.15, 0.2) is 0 Å². The molecule has 29 N–H and O–H groups in total. The van der Waals surface area contributed by atoms with Crippen molar-refractivity contribution in [1.29, 1.82) is 0 Å². The molecule has 8 rings (SSSR count). The van der Waals surface area contributed by atoms with Gasteiger partial charge in [0.2, 0.25) is 17.7 Å². The second-order valence-electron chi connectivity index (χ2n) is 25.7. The van der Waals surface area contributed by atoms with Crippen LogP contribution in [-0.4, -0.2) is 445 Å². The van der Waals surface area contributed by atoms with E-state index in [1.807, 2.05) is 0 Å². The van der Waals surface area contributed by atoms with E-state index in [-0.39, 0.29) is 0 Å². The first kappa shape index (κ1) is 84.9. The topological polar surface area (TPSA) is 754 Å². The molecule has 0 bridgehead atoms. The molecule has 8 aliphatic heterocycles. The number of carboxylic acids is 1. The molecule has 596 valence electrons. The van der Waals surface area contributed by atoms with Gasteiger partial charge in [0.15, 0.2) is 56.5 Å². The molecule has 47 nitrogen and oxygen atoms in total. The molecule has 8 fully saturated rings. The summed E-state index contributed by atoms with van der Waals surface area (Å²) in [6.45, 7) is -6.88. The number of ether oxygens (including phenoxy) is 15. The number of nitrogens with two attached hydrogens (primary N) is 1. The van der Waals surface area contributed by atoms with E-state index < -0.39 is 334 Å². The Labute approximate surface area is 581 Å². The maximum atomic E-state index is 13.1. The molecular weight excluding hydrogens is 1420 g/mol. The van der Waals surface area contributed by atoms with Gasteiger partial charge in [0.1, 0.15) is 177 Å². The number of nitrogens with one attached hydrogen (secondary N) is 3. The van der Waals surface area contributed by atoms with Crippen LogP contribution >= 0.6 is 0 Å². The van der Waals surface area contributed by atoms with E-state index in [2.05, 4.69) is 16.0 Å². The molecule has 8 saturated heterocycles.